The largest absolute Gasteiger partial charge is 0.316 e. The molecule has 6 nitrogen and oxygen atoms in total. The van der Waals surface area contributed by atoms with Gasteiger partial charge < -0.3 is 5.32 Å². The van der Waals surface area contributed by atoms with Gasteiger partial charge in [-0.3, -0.25) is 9.40 Å². The molecule has 7 heteroatoms. The number of sulfonamides is 1. The van der Waals surface area contributed by atoms with Crippen LogP contribution in [0.1, 0.15) is 25.5 Å². The van der Waals surface area contributed by atoms with Crippen LogP contribution >= 0.6 is 0 Å². The Hall–Kier alpha value is -1.08. The Bertz CT molecular complexity index is 518. The van der Waals surface area contributed by atoms with Crippen molar-refractivity contribution in [3.05, 3.63) is 11.9 Å². The van der Waals surface area contributed by atoms with Gasteiger partial charge in [-0.2, -0.15) is 5.10 Å². The fourth-order valence-electron chi connectivity index (χ4n) is 2.47. The maximum atomic E-state index is 12.2. The molecule has 1 aromatic heterocycles. The number of rotatable bonds is 5. The van der Waals surface area contributed by atoms with Crippen molar-refractivity contribution in [1.29, 1.82) is 0 Å². The molecule has 2 heterocycles. The van der Waals surface area contributed by atoms with Crippen molar-refractivity contribution in [1.82, 2.24) is 15.1 Å². The normalized spacial score (nSPS) is 20.4. The van der Waals surface area contributed by atoms with Gasteiger partial charge in [0.05, 0.1) is 17.1 Å². The summed E-state index contributed by atoms with van der Waals surface area (Å²) in [4.78, 5) is 0. The molecule has 1 aliphatic heterocycles. The van der Waals surface area contributed by atoms with Gasteiger partial charge in [-0.15, -0.1) is 0 Å². The van der Waals surface area contributed by atoms with E-state index in [1.165, 1.54) is 0 Å². The van der Waals surface area contributed by atoms with E-state index in [-0.39, 0.29) is 11.7 Å². The Morgan fingerprint density at radius 3 is 3.00 bits per heavy atom. The number of nitrogens with one attached hydrogen (secondary N) is 2. The molecule has 2 rings (SSSR count). The van der Waals surface area contributed by atoms with Crippen molar-refractivity contribution < 1.29 is 8.42 Å². The average molecular weight is 286 g/mol. The minimum absolute atomic E-state index is 0.179. The van der Waals surface area contributed by atoms with Crippen molar-refractivity contribution in [2.24, 2.45) is 13.0 Å². The molecule has 1 aliphatic rings. The van der Waals surface area contributed by atoms with Gasteiger partial charge >= 0.3 is 0 Å². The molecule has 0 radical (unpaired) electrons. The van der Waals surface area contributed by atoms with Gasteiger partial charge in [0.2, 0.25) is 10.0 Å². The molecule has 1 saturated heterocycles. The SMILES string of the molecule is CCc1nn(C)cc1NS(=O)(=O)CC1CCCNC1. The summed E-state index contributed by atoms with van der Waals surface area (Å²) in [5.41, 5.74) is 1.39. The summed E-state index contributed by atoms with van der Waals surface area (Å²) in [7, 11) is -1.50. The van der Waals surface area contributed by atoms with Crippen LogP contribution in [-0.2, 0) is 23.5 Å². The maximum absolute atomic E-state index is 12.2. The Labute approximate surface area is 114 Å². The van der Waals surface area contributed by atoms with Crippen LogP contribution < -0.4 is 10.0 Å². The second kappa shape index (κ2) is 5.92. The van der Waals surface area contributed by atoms with E-state index in [4.69, 9.17) is 0 Å². The predicted octanol–water partition coefficient (Wildman–Crippen LogP) is 0.724. The Morgan fingerprint density at radius 1 is 1.58 bits per heavy atom. The van der Waals surface area contributed by atoms with E-state index in [1.54, 1.807) is 17.9 Å². The van der Waals surface area contributed by atoms with Gasteiger partial charge in [0.15, 0.2) is 0 Å². The molecule has 0 saturated carbocycles. The highest BCUT2D eigenvalue weighted by atomic mass is 32.2. The van der Waals surface area contributed by atoms with Gasteiger partial charge in [-0.1, -0.05) is 6.92 Å². The summed E-state index contributed by atoms with van der Waals surface area (Å²) in [5, 5.41) is 7.48. The molecule has 0 bridgehead atoms. The molecule has 1 atom stereocenters. The summed E-state index contributed by atoms with van der Waals surface area (Å²) in [5.74, 6) is 0.380. The lowest BCUT2D eigenvalue weighted by atomic mass is 10.0. The Balaban J connectivity index is 2.03. The Kier molecular flexibility index (Phi) is 4.46. The number of anilines is 1. The predicted molar refractivity (Wildman–Crippen MR) is 75.6 cm³/mol. The van der Waals surface area contributed by atoms with Crippen LogP contribution in [0.2, 0.25) is 0 Å². The summed E-state index contributed by atoms with van der Waals surface area (Å²) in [6.07, 6.45) is 4.45. The average Bonchev–Trinajstić information content (AvgIpc) is 2.69. The first-order valence-corrected chi connectivity index (χ1v) is 8.39. The van der Waals surface area contributed by atoms with Gasteiger partial charge in [-0.05, 0) is 38.3 Å². The highest BCUT2D eigenvalue weighted by molar-refractivity contribution is 7.92. The third-order valence-electron chi connectivity index (χ3n) is 3.36. The number of piperidine rings is 1. The molecule has 1 unspecified atom stereocenters. The minimum Gasteiger partial charge on any atom is -0.316 e. The summed E-state index contributed by atoms with van der Waals surface area (Å²) < 4.78 is 28.6. The zero-order chi connectivity index (χ0) is 13.9. The van der Waals surface area contributed by atoms with Gasteiger partial charge in [0, 0.05) is 13.2 Å². The smallest absolute Gasteiger partial charge is 0.233 e. The Morgan fingerprint density at radius 2 is 2.37 bits per heavy atom. The highest BCUT2D eigenvalue weighted by Gasteiger charge is 2.22. The monoisotopic (exact) mass is 286 g/mol. The van der Waals surface area contributed by atoms with E-state index < -0.39 is 10.0 Å². The molecule has 0 amide bonds. The minimum atomic E-state index is -3.30. The zero-order valence-electron chi connectivity index (χ0n) is 11.5. The summed E-state index contributed by atoms with van der Waals surface area (Å²) in [6, 6.07) is 0. The van der Waals surface area contributed by atoms with Gasteiger partial charge in [0.1, 0.15) is 0 Å². The topological polar surface area (TPSA) is 76.0 Å². The van der Waals surface area contributed by atoms with E-state index in [1.807, 2.05) is 6.92 Å². The number of aryl methyl sites for hydroxylation is 2. The molecule has 0 aromatic carbocycles. The molecule has 108 valence electrons. The second-order valence-corrected chi connectivity index (χ2v) is 6.88. The summed E-state index contributed by atoms with van der Waals surface area (Å²) in [6.45, 7) is 3.74. The lowest BCUT2D eigenvalue weighted by Gasteiger charge is -2.22. The third-order valence-corrected chi connectivity index (χ3v) is 4.80. The quantitative estimate of drug-likeness (QED) is 0.836. The van der Waals surface area contributed by atoms with Crippen LogP contribution in [0.3, 0.4) is 0 Å². The van der Waals surface area contributed by atoms with E-state index in [2.05, 4.69) is 15.1 Å². The molecule has 19 heavy (non-hydrogen) atoms. The molecule has 1 aromatic rings. The summed E-state index contributed by atoms with van der Waals surface area (Å²) >= 11 is 0. The number of hydrogen-bond acceptors (Lipinski definition) is 4. The van der Waals surface area contributed by atoms with Gasteiger partial charge in [-0.25, -0.2) is 8.42 Å². The standard InChI is InChI=1S/C12H22N4O2S/c1-3-11-12(8-16(2)14-11)15-19(17,18)9-10-5-4-6-13-7-10/h8,10,13,15H,3-7,9H2,1-2H3. The van der Waals surface area contributed by atoms with Crippen LogP contribution in [-0.4, -0.2) is 37.0 Å². The van der Waals surface area contributed by atoms with Gasteiger partial charge in [0.25, 0.3) is 0 Å². The lowest BCUT2D eigenvalue weighted by molar-refractivity contribution is 0.404. The van der Waals surface area contributed by atoms with E-state index >= 15 is 0 Å². The van der Waals surface area contributed by atoms with Crippen molar-refractivity contribution >= 4 is 15.7 Å². The maximum Gasteiger partial charge on any atom is 0.233 e. The first kappa shape index (κ1) is 14.3. The molecule has 0 aliphatic carbocycles. The van der Waals surface area contributed by atoms with Crippen LogP contribution in [0.4, 0.5) is 5.69 Å². The van der Waals surface area contributed by atoms with Crippen LogP contribution in [0.15, 0.2) is 6.20 Å². The lowest BCUT2D eigenvalue weighted by Crippen LogP contribution is -2.35. The number of nitrogens with zero attached hydrogens (tertiary/aromatic N) is 2. The second-order valence-electron chi connectivity index (χ2n) is 5.11. The van der Waals surface area contributed by atoms with Crippen molar-refractivity contribution in [2.75, 3.05) is 23.6 Å². The first-order chi connectivity index (χ1) is 9.00. The molecule has 1 fully saturated rings. The van der Waals surface area contributed by atoms with Crippen molar-refractivity contribution in [3.8, 4) is 0 Å². The highest BCUT2D eigenvalue weighted by Crippen LogP contribution is 2.18. The fraction of sp³-hybridized carbons (Fsp3) is 0.750. The van der Waals surface area contributed by atoms with E-state index in [0.717, 1.165) is 31.6 Å². The van der Waals surface area contributed by atoms with Crippen molar-refractivity contribution in [2.45, 2.75) is 26.2 Å². The van der Waals surface area contributed by atoms with E-state index in [9.17, 15) is 8.42 Å². The third kappa shape index (κ3) is 3.94. The molecule has 2 N–H and O–H groups in total. The zero-order valence-corrected chi connectivity index (χ0v) is 12.3. The first-order valence-electron chi connectivity index (χ1n) is 6.74. The van der Waals surface area contributed by atoms with Crippen LogP contribution in [0.25, 0.3) is 0 Å². The molecular weight excluding hydrogens is 264 g/mol. The van der Waals surface area contributed by atoms with Crippen molar-refractivity contribution in [3.63, 3.8) is 0 Å². The van der Waals surface area contributed by atoms with Crippen LogP contribution in [0.5, 0.6) is 0 Å². The molecular formula is C12H22N4O2S. The number of hydrogen-bond donors (Lipinski definition) is 2. The fourth-order valence-corrected chi connectivity index (χ4v) is 3.96. The van der Waals surface area contributed by atoms with E-state index in [0.29, 0.717) is 12.1 Å². The number of aromatic nitrogens is 2. The van der Waals surface area contributed by atoms with Crippen LogP contribution in [0, 0.1) is 5.92 Å². The molecule has 0 spiro atoms.